The Balaban J connectivity index is 2.73. The van der Waals surface area contributed by atoms with E-state index in [2.05, 4.69) is 11.4 Å². The summed E-state index contributed by atoms with van der Waals surface area (Å²) >= 11 is 5.50. The lowest BCUT2D eigenvalue weighted by Gasteiger charge is -2.07. The molecule has 0 fully saturated rings. The van der Waals surface area contributed by atoms with Crippen molar-refractivity contribution in [3.8, 4) is 6.07 Å². The van der Waals surface area contributed by atoms with Crippen LogP contribution in [0.4, 0.5) is 5.69 Å². The van der Waals surface area contributed by atoms with Crippen LogP contribution in [0.1, 0.15) is 11.1 Å². The van der Waals surface area contributed by atoms with Gasteiger partial charge in [-0.1, -0.05) is 24.3 Å². The zero-order valence-electron chi connectivity index (χ0n) is 8.63. The van der Waals surface area contributed by atoms with E-state index in [-0.39, 0.29) is 0 Å². The molecule has 0 heterocycles. The minimum Gasteiger partial charge on any atom is -0.380 e. The van der Waals surface area contributed by atoms with Crippen LogP contribution < -0.4 is 5.32 Å². The molecular weight excluding hydrogens is 208 g/mol. The Labute approximate surface area is 95.2 Å². The maximum atomic E-state index is 8.97. The second-order valence-corrected chi connectivity index (χ2v) is 3.42. The molecule has 1 aromatic rings. The van der Waals surface area contributed by atoms with Crippen LogP contribution in [0.2, 0.25) is 0 Å². The van der Waals surface area contributed by atoms with Gasteiger partial charge in [-0.2, -0.15) is 5.26 Å². The van der Waals surface area contributed by atoms with Gasteiger partial charge in [0.2, 0.25) is 0 Å². The molecule has 15 heavy (non-hydrogen) atoms. The number of nitrogens with one attached hydrogen (secondary N) is 1. The summed E-state index contributed by atoms with van der Waals surface area (Å²) in [5.41, 5.74) is 2.57. The van der Waals surface area contributed by atoms with Gasteiger partial charge >= 0.3 is 0 Å². The highest BCUT2D eigenvalue weighted by Gasteiger charge is 2.02. The van der Waals surface area contributed by atoms with Gasteiger partial charge in [0, 0.05) is 12.4 Å². The van der Waals surface area contributed by atoms with Crippen molar-refractivity contribution in [3.63, 3.8) is 0 Å². The molecule has 0 aliphatic heterocycles. The maximum Gasteiger partial charge on any atom is 0.102 e. The van der Waals surface area contributed by atoms with E-state index in [0.29, 0.717) is 18.0 Å². The Bertz CT molecular complexity index is 391. The summed E-state index contributed by atoms with van der Waals surface area (Å²) in [6.45, 7) is 2.61. The van der Waals surface area contributed by atoms with E-state index in [0.717, 1.165) is 11.3 Å². The minimum absolute atomic E-state index is 0.514. The third kappa shape index (κ3) is 3.30. The van der Waals surface area contributed by atoms with Crippen LogP contribution >= 0.6 is 11.6 Å². The van der Waals surface area contributed by atoms with Crippen molar-refractivity contribution in [2.75, 3.05) is 17.7 Å². The molecule has 0 aliphatic rings. The fraction of sp³-hybridized carbons (Fsp3) is 0.250. The highest BCUT2D eigenvalue weighted by atomic mass is 35.5. The van der Waals surface area contributed by atoms with Crippen LogP contribution in [-0.2, 0) is 0 Å². The van der Waals surface area contributed by atoms with Gasteiger partial charge in [0.1, 0.15) is 6.07 Å². The SMILES string of the molecule is Cc1cccc(NC/C=C/CCl)c1C#N. The topological polar surface area (TPSA) is 35.8 Å². The first-order valence-corrected chi connectivity index (χ1v) is 5.27. The fourth-order valence-electron chi connectivity index (χ4n) is 1.28. The Kier molecular flexibility index (Phi) is 4.73. The molecule has 1 N–H and O–H groups in total. The molecule has 0 unspecified atom stereocenters. The van der Waals surface area contributed by atoms with Crippen LogP contribution in [0, 0.1) is 18.3 Å². The van der Waals surface area contributed by atoms with E-state index in [4.69, 9.17) is 16.9 Å². The Hall–Kier alpha value is -1.46. The largest absolute Gasteiger partial charge is 0.380 e. The number of allylic oxidation sites excluding steroid dienone is 1. The summed E-state index contributed by atoms with van der Waals surface area (Å²) in [5, 5.41) is 12.1. The van der Waals surface area contributed by atoms with E-state index >= 15 is 0 Å². The lowest BCUT2D eigenvalue weighted by atomic mass is 10.1. The van der Waals surface area contributed by atoms with Crippen LogP contribution in [0.25, 0.3) is 0 Å². The van der Waals surface area contributed by atoms with E-state index in [1.165, 1.54) is 0 Å². The van der Waals surface area contributed by atoms with Crippen molar-refractivity contribution in [1.82, 2.24) is 0 Å². The zero-order valence-corrected chi connectivity index (χ0v) is 9.38. The second kappa shape index (κ2) is 6.10. The number of aryl methyl sites for hydroxylation is 1. The molecule has 0 bridgehead atoms. The number of hydrogen-bond donors (Lipinski definition) is 1. The Morgan fingerprint density at radius 1 is 1.47 bits per heavy atom. The summed E-state index contributed by atoms with van der Waals surface area (Å²) in [6.07, 6.45) is 3.81. The van der Waals surface area contributed by atoms with Crippen molar-refractivity contribution in [3.05, 3.63) is 41.5 Å². The molecule has 3 heteroatoms. The van der Waals surface area contributed by atoms with Gasteiger partial charge in [-0.05, 0) is 18.6 Å². The normalized spacial score (nSPS) is 10.2. The van der Waals surface area contributed by atoms with Gasteiger partial charge in [-0.15, -0.1) is 11.6 Å². The van der Waals surface area contributed by atoms with E-state index in [1.807, 2.05) is 37.3 Å². The van der Waals surface area contributed by atoms with Crippen LogP contribution in [0.5, 0.6) is 0 Å². The molecule has 0 aromatic heterocycles. The van der Waals surface area contributed by atoms with Crippen LogP contribution in [-0.4, -0.2) is 12.4 Å². The highest BCUT2D eigenvalue weighted by Crippen LogP contribution is 2.17. The summed E-state index contributed by atoms with van der Waals surface area (Å²) in [6, 6.07) is 7.96. The molecule has 0 aliphatic carbocycles. The molecule has 0 spiro atoms. The number of nitriles is 1. The molecular formula is C12H13ClN2. The maximum absolute atomic E-state index is 8.97. The van der Waals surface area contributed by atoms with Crippen LogP contribution in [0.3, 0.4) is 0 Å². The van der Waals surface area contributed by atoms with Gasteiger partial charge in [0.05, 0.1) is 11.3 Å². The van der Waals surface area contributed by atoms with Crippen molar-refractivity contribution >= 4 is 17.3 Å². The molecule has 1 rings (SSSR count). The van der Waals surface area contributed by atoms with Crippen molar-refractivity contribution in [2.24, 2.45) is 0 Å². The summed E-state index contributed by atoms with van der Waals surface area (Å²) < 4.78 is 0. The first-order chi connectivity index (χ1) is 7.29. The molecule has 2 nitrogen and oxygen atoms in total. The third-order valence-corrected chi connectivity index (χ3v) is 2.23. The summed E-state index contributed by atoms with van der Waals surface area (Å²) in [7, 11) is 0. The Morgan fingerprint density at radius 3 is 2.93 bits per heavy atom. The van der Waals surface area contributed by atoms with Gasteiger partial charge in [0.25, 0.3) is 0 Å². The average molecular weight is 221 g/mol. The quantitative estimate of drug-likeness (QED) is 0.625. The first kappa shape index (κ1) is 11.6. The summed E-state index contributed by atoms with van der Waals surface area (Å²) in [4.78, 5) is 0. The molecule has 0 saturated carbocycles. The zero-order chi connectivity index (χ0) is 11.1. The standard InChI is InChI=1S/C12H13ClN2/c1-10-5-4-6-12(11(10)9-14)15-8-3-2-7-13/h2-6,15H,7-8H2,1H3/b3-2+. The molecule has 0 saturated heterocycles. The first-order valence-electron chi connectivity index (χ1n) is 4.74. The van der Waals surface area contributed by atoms with Crippen LogP contribution in [0.15, 0.2) is 30.4 Å². The monoisotopic (exact) mass is 220 g/mol. The molecule has 0 amide bonds. The Morgan fingerprint density at radius 2 is 2.27 bits per heavy atom. The van der Waals surface area contributed by atoms with Gasteiger partial charge < -0.3 is 5.32 Å². The average Bonchev–Trinajstić information content (AvgIpc) is 2.24. The van der Waals surface area contributed by atoms with E-state index in [1.54, 1.807) is 0 Å². The van der Waals surface area contributed by atoms with Crippen molar-refractivity contribution in [1.29, 1.82) is 5.26 Å². The number of hydrogen-bond acceptors (Lipinski definition) is 2. The number of anilines is 1. The van der Waals surface area contributed by atoms with Crippen molar-refractivity contribution in [2.45, 2.75) is 6.92 Å². The lowest BCUT2D eigenvalue weighted by Crippen LogP contribution is -2.01. The summed E-state index contributed by atoms with van der Waals surface area (Å²) in [5.74, 6) is 0.514. The predicted molar refractivity (Wildman–Crippen MR) is 64.2 cm³/mol. The molecule has 0 radical (unpaired) electrons. The highest BCUT2D eigenvalue weighted by molar-refractivity contribution is 6.18. The van der Waals surface area contributed by atoms with Gasteiger partial charge in [-0.25, -0.2) is 0 Å². The minimum atomic E-state index is 0.514. The number of benzene rings is 1. The second-order valence-electron chi connectivity index (χ2n) is 3.12. The number of rotatable bonds is 4. The number of halogens is 1. The van der Waals surface area contributed by atoms with Crippen molar-refractivity contribution < 1.29 is 0 Å². The van der Waals surface area contributed by atoms with Gasteiger partial charge in [0.15, 0.2) is 0 Å². The van der Waals surface area contributed by atoms with E-state index in [9.17, 15) is 0 Å². The van der Waals surface area contributed by atoms with Gasteiger partial charge in [-0.3, -0.25) is 0 Å². The van der Waals surface area contributed by atoms with E-state index < -0.39 is 0 Å². The number of nitrogens with zero attached hydrogens (tertiary/aromatic N) is 1. The lowest BCUT2D eigenvalue weighted by molar-refractivity contribution is 1.29. The third-order valence-electron chi connectivity index (χ3n) is 2.05. The number of alkyl halides is 1. The smallest absolute Gasteiger partial charge is 0.102 e. The predicted octanol–water partition coefficient (Wildman–Crippen LogP) is 3.07. The molecule has 0 atom stereocenters. The molecule has 1 aromatic carbocycles. The molecule has 78 valence electrons. The fourth-order valence-corrected chi connectivity index (χ4v) is 1.40.